The van der Waals surface area contributed by atoms with Crippen molar-refractivity contribution in [2.24, 2.45) is 0 Å². The minimum absolute atomic E-state index is 0.167. The van der Waals surface area contributed by atoms with E-state index < -0.39 is 0 Å². The third-order valence-electron chi connectivity index (χ3n) is 5.43. The van der Waals surface area contributed by atoms with Gasteiger partial charge in [-0.25, -0.2) is 0 Å². The fourth-order valence-corrected chi connectivity index (χ4v) is 3.62. The lowest BCUT2D eigenvalue weighted by atomic mass is 10.1. The predicted octanol–water partition coefficient (Wildman–Crippen LogP) is 2.25. The number of rotatable bonds is 5. The Morgan fingerprint density at radius 3 is 2.62 bits per heavy atom. The monoisotopic (exact) mass is 396 g/mol. The molecule has 3 heterocycles. The minimum atomic E-state index is -0.167. The van der Waals surface area contributed by atoms with Crippen LogP contribution in [0.3, 0.4) is 0 Å². The number of carbonyl (C=O) groups is 1. The number of amides is 1. The van der Waals surface area contributed by atoms with Crippen LogP contribution in [-0.4, -0.2) is 55.2 Å². The van der Waals surface area contributed by atoms with Crippen molar-refractivity contribution < 1.29 is 18.7 Å². The van der Waals surface area contributed by atoms with Gasteiger partial charge in [0.1, 0.15) is 17.4 Å². The van der Waals surface area contributed by atoms with Gasteiger partial charge in [0.15, 0.2) is 11.5 Å². The Labute approximate surface area is 169 Å². The quantitative estimate of drug-likeness (QED) is 0.829. The van der Waals surface area contributed by atoms with Crippen molar-refractivity contribution in [3.63, 3.8) is 0 Å². The minimum Gasteiger partial charge on any atom is -0.454 e. The van der Waals surface area contributed by atoms with E-state index in [1.54, 1.807) is 6.92 Å². The van der Waals surface area contributed by atoms with Gasteiger partial charge in [-0.2, -0.15) is 5.26 Å². The van der Waals surface area contributed by atoms with E-state index in [9.17, 15) is 10.1 Å². The lowest BCUT2D eigenvalue weighted by Gasteiger charge is -2.34. The van der Waals surface area contributed by atoms with Crippen molar-refractivity contribution in [2.75, 3.05) is 44.8 Å². The molecule has 152 valence electrons. The Kier molecular flexibility index (Phi) is 5.43. The first-order valence-corrected chi connectivity index (χ1v) is 9.66. The van der Waals surface area contributed by atoms with Gasteiger partial charge in [0, 0.05) is 38.3 Å². The fourth-order valence-electron chi connectivity index (χ4n) is 3.62. The number of benzene rings is 1. The molecule has 0 bridgehead atoms. The summed E-state index contributed by atoms with van der Waals surface area (Å²) in [4.78, 5) is 16.9. The summed E-state index contributed by atoms with van der Waals surface area (Å²) in [5.74, 6) is 2.33. The summed E-state index contributed by atoms with van der Waals surface area (Å²) in [6.07, 6.45) is 0. The van der Waals surface area contributed by atoms with Crippen LogP contribution in [0.15, 0.2) is 22.6 Å². The van der Waals surface area contributed by atoms with Crippen molar-refractivity contribution >= 4 is 11.8 Å². The van der Waals surface area contributed by atoms with Gasteiger partial charge in [0.25, 0.3) is 0 Å². The number of piperazine rings is 1. The standard InChI is InChI=1S/C21H24N4O4/c1-14-15(2)29-21(17(14)10-22)23-20(26)12-25-7-5-24(6-8-25)11-16-3-4-18-19(9-16)28-13-27-18/h3-4,9H,5-8,11-13H2,1-2H3,(H,23,26). The molecule has 1 fully saturated rings. The van der Waals surface area contributed by atoms with E-state index in [-0.39, 0.29) is 25.1 Å². The van der Waals surface area contributed by atoms with Gasteiger partial charge in [-0.15, -0.1) is 0 Å². The summed E-state index contributed by atoms with van der Waals surface area (Å²) in [7, 11) is 0. The maximum Gasteiger partial charge on any atom is 0.240 e. The molecule has 0 radical (unpaired) electrons. The summed E-state index contributed by atoms with van der Waals surface area (Å²) in [5, 5.41) is 12.0. The van der Waals surface area contributed by atoms with Crippen molar-refractivity contribution in [3.05, 3.63) is 40.6 Å². The zero-order valence-electron chi connectivity index (χ0n) is 16.7. The first-order valence-electron chi connectivity index (χ1n) is 9.66. The van der Waals surface area contributed by atoms with Crippen molar-refractivity contribution in [3.8, 4) is 17.6 Å². The van der Waals surface area contributed by atoms with E-state index in [1.807, 2.05) is 19.1 Å². The Morgan fingerprint density at radius 2 is 1.86 bits per heavy atom. The molecule has 8 nitrogen and oxygen atoms in total. The number of furan rings is 1. The molecular formula is C21H24N4O4. The molecule has 2 aliphatic heterocycles. The largest absolute Gasteiger partial charge is 0.454 e. The second-order valence-electron chi connectivity index (χ2n) is 7.39. The van der Waals surface area contributed by atoms with Crippen molar-refractivity contribution in [2.45, 2.75) is 20.4 Å². The van der Waals surface area contributed by atoms with Gasteiger partial charge in [0.2, 0.25) is 18.6 Å². The van der Waals surface area contributed by atoms with Crippen LogP contribution in [0.25, 0.3) is 0 Å². The number of anilines is 1. The molecule has 0 atom stereocenters. The highest BCUT2D eigenvalue weighted by molar-refractivity contribution is 5.92. The summed E-state index contributed by atoms with van der Waals surface area (Å²) in [6, 6.07) is 8.14. The normalized spacial score (nSPS) is 16.6. The molecule has 1 saturated heterocycles. The molecule has 2 aliphatic rings. The van der Waals surface area contributed by atoms with E-state index >= 15 is 0 Å². The van der Waals surface area contributed by atoms with Crippen LogP contribution in [0.2, 0.25) is 0 Å². The van der Waals surface area contributed by atoms with Gasteiger partial charge in [-0.3, -0.25) is 19.9 Å². The van der Waals surface area contributed by atoms with Crippen molar-refractivity contribution in [1.29, 1.82) is 5.26 Å². The number of aryl methyl sites for hydroxylation is 1. The molecule has 1 N–H and O–H groups in total. The maximum atomic E-state index is 12.4. The van der Waals surface area contributed by atoms with Crippen LogP contribution in [0, 0.1) is 25.2 Å². The third-order valence-corrected chi connectivity index (χ3v) is 5.43. The number of nitrogens with one attached hydrogen (secondary N) is 1. The van der Waals surface area contributed by atoms with E-state index in [4.69, 9.17) is 13.9 Å². The highest BCUT2D eigenvalue weighted by Crippen LogP contribution is 2.32. The number of nitriles is 1. The third kappa shape index (κ3) is 4.21. The highest BCUT2D eigenvalue weighted by Gasteiger charge is 2.22. The van der Waals surface area contributed by atoms with E-state index in [0.717, 1.165) is 49.8 Å². The lowest BCUT2D eigenvalue weighted by molar-refractivity contribution is -0.117. The predicted molar refractivity (Wildman–Crippen MR) is 106 cm³/mol. The van der Waals surface area contributed by atoms with Gasteiger partial charge >= 0.3 is 0 Å². The van der Waals surface area contributed by atoms with Crippen LogP contribution < -0.4 is 14.8 Å². The second kappa shape index (κ2) is 8.15. The maximum absolute atomic E-state index is 12.4. The van der Waals surface area contributed by atoms with E-state index in [1.165, 1.54) is 5.56 Å². The molecule has 1 aromatic heterocycles. The zero-order valence-corrected chi connectivity index (χ0v) is 16.7. The molecule has 1 aromatic carbocycles. The van der Waals surface area contributed by atoms with Crippen LogP contribution in [0.4, 0.5) is 5.88 Å². The lowest BCUT2D eigenvalue weighted by Crippen LogP contribution is -2.48. The second-order valence-corrected chi connectivity index (χ2v) is 7.39. The van der Waals surface area contributed by atoms with Gasteiger partial charge < -0.3 is 13.9 Å². The molecule has 0 spiro atoms. The number of carbonyl (C=O) groups excluding carboxylic acids is 1. The smallest absolute Gasteiger partial charge is 0.240 e. The number of hydrogen-bond acceptors (Lipinski definition) is 7. The summed E-state index contributed by atoms with van der Waals surface area (Å²) < 4.78 is 16.3. The van der Waals surface area contributed by atoms with Gasteiger partial charge in [0.05, 0.1) is 6.54 Å². The Balaban J connectivity index is 1.26. The summed E-state index contributed by atoms with van der Waals surface area (Å²) in [5.41, 5.74) is 2.34. The SMILES string of the molecule is Cc1oc(NC(=O)CN2CCN(Cc3ccc4c(c3)OCO4)CC2)c(C#N)c1C. The molecule has 2 aromatic rings. The van der Waals surface area contributed by atoms with E-state index in [0.29, 0.717) is 11.3 Å². The summed E-state index contributed by atoms with van der Waals surface area (Å²) >= 11 is 0. The average molecular weight is 396 g/mol. The van der Waals surface area contributed by atoms with E-state index in [2.05, 4.69) is 27.3 Å². The molecule has 0 aliphatic carbocycles. The Bertz CT molecular complexity index is 954. The van der Waals surface area contributed by atoms with Gasteiger partial charge in [-0.1, -0.05) is 6.07 Å². The molecule has 8 heteroatoms. The first kappa shape index (κ1) is 19.3. The molecule has 0 saturated carbocycles. The molecule has 1 amide bonds. The highest BCUT2D eigenvalue weighted by atomic mass is 16.7. The molecule has 4 rings (SSSR count). The Morgan fingerprint density at radius 1 is 1.14 bits per heavy atom. The first-order chi connectivity index (χ1) is 14.0. The number of fused-ring (bicyclic) bond motifs is 1. The molecular weight excluding hydrogens is 372 g/mol. The number of ether oxygens (including phenoxy) is 2. The van der Waals surface area contributed by atoms with Crippen LogP contribution in [0.1, 0.15) is 22.5 Å². The average Bonchev–Trinajstić information content (AvgIpc) is 3.27. The molecule has 29 heavy (non-hydrogen) atoms. The fraction of sp³-hybridized carbons (Fsp3) is 0.429. The Hall–Kier alpha value is -3.02. The van der Waals surface area contributed by atoms with Crippen LogP contribution >= 0.6 is 0 Å². The molecule has 0 unspecified atom stereocenters. The van der Waals surface area contributed by atoms with Gasteiger partial charge in [-0.05, 0) is 31.5 Å². The van der Waals surface area contributed by atoms with Crippen LogP contribution in [0.5, 0.6) is 11.5 Å². The number of hydrogen-bond donors (Lipinski definition) is 1. The van der Waals surface area contributed by atoms with Crippen molar-refractivity contribution in [1.82, 2.24) is 9.80 Å². The summed E-state index contributed by atoms with van der Waals surface area (Å²) in [6.45, 7) is 8.37. The topological polar surface area (TPSA) is 91.0 Å². The van der Waals surface area contributed by atoms with Crippen LogP contribution in [-0.2, 0) is 11.3 Å². The number of nitrogens with zero attached hydrogens (tertiary/aromatic N) is 3. The zero-order chi connectivity index (χ0) is 20.4.